The molecule has 1 saturated carbocycles. The predicted molar refractivity (Wildman–Crippen MR) is 82.5 cm³/mol. The minimum absolute atomic E-state index is 0.175. The molecule has 1 unspecified atom stereocenters. The minimum atomic E-state index is -0.619. The number of hydrogen-bond acceptors (Lipinski definition) is 6. The van der Waals surface area contributed by atoms with E-state index in [1.54, 1.807) is 0 Å². The number of aromatic nitrogens is 1. The van der Waals surface area contributed by atoms with Gasteiger partial charge in [0.2, 0.25) is 0 Å². The van der Waals surface area contributed by atoms with Crippen LogP contribution in [0.4, 0.5) is 0 Å². The standard InChI is InChI=1S/C15H24N2O3S/c1-5-8-16-15(12-6-7-12,13(18)19-4)9-21-14-17-10(2)11(3)20-14/h12,16H,5-9H2,1-4H3. The Kier molecular flexibility index (Phi) is 5.32. The Morgan fingerprint density at radius 2 is 2.24 bits per heavy atom. The van der Waals surface area contributed by atoms with Gasteiger partial charge in [0.05, 0.1) is 12.8 Å². The van der Waals surface area contributed by atoms with Gasteiger partial charge in [-0.25, -0.2) is 4.98 Å². The van der Waals surface area contributed by atoms with E-state index >= 15 is 0 Å². The van der Waals surface area contributed by atoms with Crippen LogP contribution < -0.4 is 5.32 Å². The lowest BCUT2D eigenvalue weighted by Crippen LogP contribution is -2.57. The molecule has 1 aliphatic rings. The van der Waals surface area contributed by atoms with Gasteiger partial charge in [-0.15, -0.1) is 0 Å². The molecule has 5 nitrogen and oxygen atoms in total. The summed E-state index contributed by atoms with van der Waals surface area (Å²) in [6.45, 7) is 6.72. The van der Waals surface area contributed by atoms with Crippen molar-refractivity contribution in [3.8, 4) is 0 Å². The number of nitrogens with zero attached hydrogens (tertiary/aromatic N) is 1. The highest BCUT2D eigenvalue weighted by molar-refractivity contribution is 7.99. The lowest BCUT2D eigenvalue weighted by atomic mass is 9.95. The van der Waals surface area contributed by atoms with Gasteiger partial charge in [-0.05, 0) is 45.6 Å². The van der Waals surface area contributed by atoms with E-state index in [0.717, 1.165) is 37.3 Å². The molecule has 6 heteroatoms. The first-order valence-corrected chi connectivity index (χ1v) is 8.42. The molecule has 0 saturated heterocycles. The lowest BCUT2D eigenvalue weighted by Gasteiger charge is -2.31. The Morgan fingerprint density at radius 1 is 1.52 bits per heavy atom. The molecule has 0 spiro atoms. The van der Waals surface area contributed by atoms with Crippen molar-refractivity contribution in [1.29, 1.82) is 0 Å². The van der Waals surface area contributed by atoms with Crippen LogP contribution in [0, 0.1) is 19.8 Å². The first-order chi connectivity index (χ1) is 10.0. The van der Waals surface area contributed by atoms with E-state index in [0.29, 0.717) is 16.9 Å². The molecule has 21 heavy (non-hydrogen) atoms. The van der Waals surface area contributed by atoms with Crippen molar-refractivity contribution < 1.29 is 13.9 Å². The fourth-order valence-corrected chi connectivity index (χ4v) is 3.59. The van der Waals surface area contributed by atoms with Gasteiger partial charge in [0, 0.05) is 5.75 Å². The van der Waals surface area contributed by atoms with E-state index in [4.69, 9.17) is 9.15 Å². The molecular formula is C15H24N2O3S. The van der Waals surface area contributed by atoms with E-state index in [2.05, 4.69) is 17.2 Å². The molecule has 1 heterocycles. The minimum Gasteiger partial charge on any atom is -0.468 e. The Bertz CT molecular complexity index is 480. The van der Waals surface area contributed by atoms with Crippen molar-refractivity contribution in [2.24, 2.45) is 5.92 Å². The Balaban J connectivity index is 2.12. The molecule has 1 aliphatic carbocycles. The summed E-state index contributed by atoms with van der Waals surface area (Å²) in [6, 6.07) is 0. The van der Waals surface area contributed by atoms with E-state index < -0.39 is 5.54 Å². The van der Waals surface area contributed by atoms with Crippen molar-refractivity contribution in [1.82, 2.24) is 10.3 Å². The van der Waals surface area contributed by atoms with Crippen LogP contribution in [0.5, 0.6) is 0 Å². The van der Waals surface area contributed by atoms with Gasteiger partial charge >= 0.3 is 5.97 Å². The summed E-state index contributed by atoms with van der Waals surface area (Å²) in [5.74, 6) is 1.59. The Labute approximate surface area is 130 Å². The number of carbonyl (C=O) groups excluding carboxylic acids is 1. The van der Waals surface area contributed by atoms with Gasteiger partial charge in [0.1, 0.15) is 11.3 Å². The lowest BCUT2D eigenvalue weighted by molar-refractivity contribution is -0.148. The average Bonchev–Trinajstić information content (AvgIpc) is 3.27. The maximum absolute atomic E-state index is 12.4. The van der Waals surface area contributed by atoms with Crippen LogP contribution in [0.25, 0.3) is 0 Å². The SMILES string of the molecule is CCCNC(CSc1nc(C)c(C)o1)(C(=O)OC)C1CC1. The monoisotopic (exact) mass is 312 g/mol. The van der Waals surface area contributed by atoms with Crippen molar-refractivity contribution >= 4 is 17.7 Å². The molecule has 2 rings (SSSR count). The summed E-state index contributed by atoms with van der Waals surface area (Å²) < 4.78 is 10.7. The molecule has 1 N–H and O–H groups in total. The Morgan fingerprint density at radius 3 is 2.71 bits per heavy atom. The van der Waals surface area contributed by atoms with Gasteiger partial charge in [0.25, 0.3) is 5.22 Å². The first-order valence-electron chi connectivity index (χ1n) is 7.43. The van der Waals surface area contributed by atoms with Gasteiger partial charge in [-0.1, -0.05) is 18.7 Å². The number of nitrogens with one attached hydrogen (secondary N) is 1. The summed E-state index contributed by atoms with van der Waals surface area (Å²) in [5.41, 5.74) is 0.278. The van der Waals surface area contributed by atoms with Gasteiger partial charge in [0.15, 0.2) is 0 Å². The molecule has 1 fully saturated rings. The van der Waals surface area contributed by atoms with Gasteiger partial charge in [-0.2, -0.15) is 0 Å². The van der Waals surface area contributed by atoms with Crippen LogP contribution in [-0.4, -0.2) is 35.9 Å². The quantitative estimate of drug-likeness (QED) is 0.588. The van der Waals surface area contributed by atoms with Gasteiger partial charge in [-0.3, -0.25) is 4.79 Å². The van der Waals surface area contributed by atoms with Crippen LogP contribution in [0.15, 0.2) is 9.64 Å². The van der Waals surface area contributed by atoms with E-state index in [1.165, 1.54) is 18.9 Å². The van der Waals surface area contributed by atoms with Crippen molar-refractivity contribution in [2.45, 2.75) is 50.8 Å². The number of hydrogen-bond donors (Lipinski definition) is 1. The zero-order chi connectivity index (χ0) is 15.5. The topological polar surface area (TPSA) is 64.4 Å². The van der Waals surface area contributed by atoms with Crippen LogP contribution in [0.3, 0.4) is 0 Å². The van der Waals surface area contributed by atoms with Crippen molar-refractivity contribution in [2.75, 3.05) is 19.4 Å². The highest BCUT2D eigenvalue weighted by Crippen LogP contribution is 2.43. The summed E-state index contributed by atoms with van der Waals surface area (Å²) in [5, 5.41) is 4.04. The van der Waals surface area contributed by atoms with Crippen LogP contribution in [0.2, 0.25) is 0 Å². The fourth-order valence-electron chi connectivity index (χ4n) is 2.40. The number of rotatable bonds is 8. The molecule has 1 aromatic heterocycles. The Hall–Kier alpha value is -1.01. The average molecular weight is 312 g/mol. The summed E-state index contributed by atoms with van der Waals surface area (Å²) in [7, 11) is 1.46. The largest absolute Gasteiger partial charge is 0.468 e. The number of ether oxygens (including phenoxy) is 1. The molecule has 1 aromatic rings. The highest BCUT2D eigenvalue weighted by Gasteiger charge is 2.51. The number of aryl methyl sites for hydroxylation is 2. The molecule has 0 aromatic carbocycles. The fraction of sp³-hybridized carbons (Fsp3) is 0.733. The molecule has 1 atom stereocenters. The van der Waals surface area contributed by atoms with Gasteiger partial charge < -0.3 is 14.5 Å². The molecule has 0 radical (unpaired) electrons. The number of methoxy groups -OCH3 is 1. The third kappa shape index (κ3) is 3.61. The maximum Gasteiger partial charge on any atom is 0.327 e. The summed E-state index contributed by atoms with van der Waals surface area (Å²) in [6.07, 6.45) is 3.11. The van der Waals surface area contributed by atoms with Crippen molar-refractivity contribution in [3.05, 3.63) is 11.5 Å². The van der Waals surface area contributed by atoms with E-state index in [-0.39, 0.29) is 5.97 Å². The number of esters is 1. The molecular weight excluding hydrogens is 288 g/mol. The normalized spacial score (nSPS) is 17.5. The third-order valence-electron chi connectivity index (χ3n) is 3.95. The van der Waals surface area contributed by atoms with E-state index in [1.807, 2.05) is 13.8 Å². The smallest absolute Gasteiger partial charge is 0.327 e. The second-order valence-corrected chi connectivity index (χ2v) is 6.50. The predicted octanol–water partition coefficient (Wildman–Crippen LogP) is 2.70. The van der Waals surface area contributed by atoms with Crippen LogP contribution in [0.1, 0.15) is 37.6 Å². The molecule has 0 amide bonds. The van der Waals surface area contributed by atoms with E-state index in [9.17, 15) is 4.79 Å². The zero-order valence-electron chi connectivity index (χ0n) is 13.2. The second-order valence-electron chi connectivity index (χ2n) is 5.57. The van der Waals surface area contributed by atoms with Crippen LogP contribution in [-0.2, 0) is 9.53 Å². The zero-order valence-corrected chi connectivity index (χ0v) is 14.0. The molecule has 118 valence electrons. The number of thioether (sulfide) groups is 1. The number of oxazole rings is 1. The second kappa shape index (κ2) is 6.83. The summed E-state index contributed by atoms with van der Waals surface area (Å²) in [4.78, 5) is 16.7. The first kappa shape index (κ1) is 16.4. The van der Waals surface area contributed by atoms with Crippen LogP contribution >= 0.6 is 11.8 Å². The molecule has 0 bridgehead atoms. The van der Waals surface area contributed by atoms with Crippen molar-refractivity contribution in [3.63, 3.8) is 0 Å². The maximum atomic E-state index is 12.4. The third-order valence-corrected chi connectivity index (χ3v) is 4.97. The summed E-state index contributed by atoms with van der Waals surface area (Å²) >= 11 is 1.48. The highest BCUT2D eigenvalue weighted by atomic mass is 32.2. The number of carbonyl (C=O) groups is 1. The molecule has 0 aliphatic heterocycles.